The summed E-state index contributed by atoms with van der Waals surface area (Å²) >= 11 is 0. The summed E-state index contributed by atoms with van der Waals surface area (Å²) in [4.78, 5) is 14.5. The standard InChI is InChI=1S/C20H32N2O3/c1-4-24-18-9-11-19(12-10-18)25-14-13-21-20(23)15-22(16(2)3)17-7-5-6-8-17/h9-12,16-17H,4-8,13-15H2,1-3H3,(H,21,23). The topological polar surface area (TPSA) is 50.8 Å². The van der Waals surface area contributed by atoms with Gasteiger partial charge in [-0.15, -0.1) is 0 Å². The highest BCUT2D eigenvalue weighted by Gasteiger charge is 2.26. The van der Waals surface area contributed by atoms with Crippen LogP contribution in [-0.4, -0.2) is 49.2 Å². The van der Waals surface area contributed by atoms with E-state index in [0.29, 0.717) is 38.4 Å². The van der Waals surface area contributed by atoms with Gasteiger partial charge in [0.2, 0.25) is 5.91 Å². The lowest BCUT2D eigenvalue weighted by molar-refractivity contribution is -0.123. The van der Waals surface area contributed by atoms with Crippen molar-refractivity contribution in [2.24, 2.45) is 0 Å². The lowest BCUT2D eigenvalue weighted by Gasteiger charge is -2.31. The van der Waals surface area contributed by atoms with Crippen LogP contribution in [0.1, 0.15) is 46.5 Å². The molecule has 0 bridgehead atoms. The smallest absolute Gasteiger partial charge is 0.234 e. The molecular weight excluding hydrogens is 316 g/mol. The highest BCUT2D eigenvalue weighted by atomic mass is 16.5. The van der Waals surface area contributed by atoms with Crippen molar-refractivity contribution in [2.45, 2.75) is 58.5 Å². The van der Waals surface area contributed by atoms with E-state index in [2.05, 4.69) is 24.1 Å². The summed E-state index contributed by atoms with van der Waals surface area (Å²) < 4.78 is 11.1. The van der Waals surface area contributed by atoms with E-state index in [1.807, 2.05) is 31.2 Å². The third-order valence-electron chi connectivity index (χ3n) is 4.61. The molecule has 0 atom stereocenters. The average molecular weight is 348 g/mol. The normalized spacial score (nSPS) is 14.9. The Kier molecular flexibility index (Phi) is 8.06. The van der Waals surface area contributed by atoms with Crippen LogP contribution in [0.15, 0.2) is 24.3 Å². The first-order valence-corrected chi connectivity index (χ1v) is 9.48. The minimum atomic E-state index is 0.0795. The highest BCUT2D eigenvalue weighted by Crippen LogP contribution is 2.24. The molecule has 140 valence electrons. The fourth-order valence-electron chi connectivity index (χ4n) is 3.35. The fraction of sp³-hybridized carbons (Fsp3) is 0.650. The van der Waals surface area contributed by atoms with Gasteiger partial charge in [0.25, 0.3) is 0 Å². The van der Waals surface area contributed by atoms with Crippen LogP contribution in [0.2, 0.25) is 0 Å². The van der Waals surface area contributed by atoms with Gasteiger partial charge in [-0.25, -0.2) is 0 Å². The second-order valence-electron chi connectivity index (χ2n) is 6.81. The first-order valence-electron chi connectivity index (χ1n) is 9.48. The van der Waals surface area contributed by atoms with Crippen LogP contribution in [0.3, 0.4) is 0 Å². The molecule has 5 nitrogen and oxygen atoms in total. The van der Waals surface area contributed by atoms with Crippen molar-refractivity contribution < 1.29 is 14.3 Å². The molecule has 1 saturated carbocycles. The number of nitrogens with one attached hydrogen (secondary N) is 1. The summed E-state index contributed by atoms with van der Waals surface area (Å²) in [5, 5.41) is 2.96. The van der Waals surface area contributed by atoms with Crippen LogP contribution in [-0.2, 0) is 4.79 Å². The van der Waals surface area contributed by atoms with Crippen molar-refractivity contribution in [1.29, 1.82) is 0 Å². The van der Waals surface area contributed by atoms with Crippen LogP contribution >= 0.6 is 0 Å². The van der Waals surface area contributed by atoms with Crippen molar-refractivity contribution in [3.05, 3.63) is 24.3 Å². The van der Waals surface area contributed by atoms with E-state index in [1.54, 1.807) is 0 Å². The van der Waals surface area contributed by atoms with Crippen LogP contribution in [0.5, 0.6) is 11.5 Å². The maximum Gasteiger partial charge on any atom is 0.234 e. The molecule has 1 aliphatic rings. The molecule has 0 radical (unpaired) electrons. The van der Waals surface area contributed by atoms with Crippen LogP contribution in [0.4, 0.5) is 0 Å². The second-order valence-corrected chi connectivity index (χ2v) is 6.81. The second kappa shape index (κ2) is 10.3. The largest absolute Gasteiger partial charge is 0.494 e. The lowest BCUT2D eigenvalue weighted by atomic mass is 10.1. The molecule has 25 heavy (non-hydrogen) atoms. The van der Waals surface area contributed by atoms with Gasteiger partial charge in [-0.1, -0.05) is 12.8 Å². The van der Waals surface area contributed by atoms with Crippen molar-refractivity contribution in [3.8, 4) is 11.5 Å². The summed E-state index contributed by atoms with van der Waals surface area (Å²) in [5.74, 6) is 1.70. The van der Waals surface area contributed by atoms with Crippen LogP contribution < -0.4 is 14.8 Å². The Balaban J connectivity index is 1.67. The SMILES string of the molecule is CCOc1ccc(OCCNC(=O)CN(C(C)C)C2CCCC2)cc1. The zero-order valence-corrected chi connectivity index (χ0v) is 15.8. The number of nitrogens with zero attached hydrogens (tertiary/aromatic N) is 1. The number of carbonyl (C=O) groups is 1. The molecule has 0 aliphatic heterocycles. The van der Waals surface area contributed by atoms with E-state index in [4.69, 9.17) is 9.47 Å². The van der Waals surface area contributed by atoms with Gasteiger partial charge in [-0.2, -0.15) is 0 Å². The summed E-state index contributed by atoms with van der Waals surface area (Å²) in [5.41, 5.74) is 0. The quantitative estimate of drug-likeness (QED) is 0.660. The van der Waals surface area contributed by atoms with E-state index in [0.717, 1.165) is 11.5 Å². The number of carbonyl (C=O) groups excluding carboxylic acids is 1. The Morgan fingerprint density at radius 2 is 1.76 bits per heavy atom. The van der Waals surface area contributed by atoms with Gasteiger partial charge in [-0.05, 0) is 57.9 Å². The van der Waals surface area contributed by atoms with Crippen molar-refractivity contribution in [1.82, 2.24) is 10.2 Å². The molecule has 1 amide bonds. The monoisotopic (exact) mass is 348 g/mol. The first kappa shape index (κ1) is 19.6. The summed E-state index contributed by atoms with van der Waals surface area (Å²) in [6.45, 7) is 8.40. The molecule has 0 saturated heterocycles. The predicted molar refractivity (Wildman–Crippen MR) is 100 cm³/mol. The molecule has 1 aromatic rings. The van der Waals surface area contributed by atoms with Crippen molar-refractivity contribution >= 4 is 5.91 Å². The Bertz CT molecular complexity index is 510. The van der Waals surface area contributed by atoms with Gasteiger partial charge in [0.1, 0.15) is 18.1 Å². The Morgan fingerprint density at radius 1 is 1.16 bits per heavy atom. The van der Waals surface area contributed by atoms with Gasteiger partial charge < -0.3 is 14.8 Å². The number of rotatable bonds is 10. The van der Waals surface area contributed by atoms with Crippen LogP contribution in [0.25, 0.3) is 0 Å². The number of hydrogen-bond acceptors (Lipinski definition) is 4. The van der Waals surface area contributed by atoms with E-state index in [1.165, 1.54) is 25.7 Å². The van der Waals surface area contributed by atoms with Gasteiger partial charge in [0.05, 0.1) is 19.7 Å². The van der Waals surface area contributed by atoms with Gasteiger partial charge in [0, 0.05) is 12.1 Å². The Morgan fingerprint density at radius 3 is 2.32 bits per heavy atom. The molecule has 0 unspecified atom stereocenters. The molecule has 1 aliphatic carbocycles. The third-order valence-corrected chi connectivity index (χ3v) is 4.61. The maximum atomic E-state index is 12.2. The maximum absolute atomic E-state index is 12.2. The molecule has 2 rings (SSSR count). The summed E-state index contributed by atoms with van der Waals surface area (Å²) in [6.07, 6.45) is 5.00. The van der Waals surface area contributed by atoms with E-state index >= 15 is 0 Å². The minimum Gasteiger partial charge on any atom is -0.494 e. The molecule has 0 spiro atoms. The molecule has 1 aromatic carbocycles. The molecule has 1 fully saturated rings. The number of ether oxygens (including phenoxy) is 2. The molecule has 1 N–H and O–H groups in total. The zero-order valence-electron chi connectivity index (χ0n) is 15.8. The average Bonchev–Trinajstić information content (AvgIpc) is 3.12. The number of hydrogen-bond donors (Lipinski definition) is 1. The molecular formula is C20H32N2O3. The Labute approximate surface area is 151 Å². The Hall–Kier alpha value is -1.75. The van der Waals surface area contributed by atoms with Gasteiger partial charge in [-0.3, -0.25) is 9.69 Å². The predicted octanol–water partition coefficient (Wildman–Crippen LogP) is 3.23. The lowest BCUT2D eigenvalue weighted by Crippen LogP contribution is -2.46. The van der Waals surface area contributed by atoms with Crippen molar-refractivity contribution in [2.75, 3.05) is 26.3 Å². The van der Waals surface area contributed by atoms with Crippen LogP contribution in [0, 0.1) is 0 Å². The number of amides is 1. The zero-order chi connectivity index (χ0) is 18.1. The van der Waals surface area contributed by atoms with E-state index in [9.17, 15) is 4.79 Å². The highest BCUT2D eigenvalue weighted by molar-refractivity contribution is 5.78. The van der Waals surface area contributed by atoms with E-state index < -0.39 is 0 Å². The molecule has 0 aromatic heterocycles. The van der Waals surface area contributed by atoms with Gasteiger partial charge >= 0.3 is 0 Å². The fourth-order valence-corrected chi connectivity index (χ4v) is 3.35. The third kappa shape index (κ3) is 6.58. The van der Waals surface area contributed by atoms with Crippen molar-refractivity contribution in [3.63, 3.8) is 0 Å². The first-order chi connectivity index (χ1) is 12.1. The minimum absolute atomic E-state index is 0.0795. The van der Waals surface area contributed by atoms with Gasteiger partial charge in [0.15, 0.2) is 0 Å². The molecule has 5 heteroatoms. The van der Waals surface area contributed by atoms with E-state index in [-0.39, 0.29) is 5.91 Å². The molecule has 0 heterocycles. The summed E-state index contributed by atoms with van der Waals surface area (Å²) in [7, 11) is 0. The summed E-state index contributed by atoms with van der Waals surface area (Å²) in [6, 6.07) is 8.50. The number of benzene rings is 1.